The summed E-state index contributed by atoms with van der Waals surface area (Å²) in [5, 5.41) is 14.6. The minimum absolute atomic E-state index is 0.130. The molecule has 0 aliphatic heterocycles. The summed E-state index contributed by atoms with van der Waals surface area (Å²) in [6, 6.07) is 8.20. The van der Waals surface area contributed by atoms with Gasteiger partial charge in [-0.3, -0.25) is 4.68 Å². The fourth-order valence-electron chi connectivity index (χ4n) is 2.34. The maximum atomic E-state index is 10.4. The maximum Gasteiger partial charge on any atom is 0.138 e. The van der Waals surface area contributed by atoms with Crippen molar-refractivity contribution >= 4 is 0 Å². The molecule has 21 heavy (non-hydrogen) atoms. The lowest BCUT2D eigenvalue weighted by Gasteiger charge is -2.20. The van der Waals surface area contributed by atoms with Crippen molar-refractivity contribution in [2.75, 3.05) is 0 Å². The van der Waals surface area contributed by atoms with Crippen LogP contribution in [0.15, 0.2) is 30.6 Å². The zero-order chi connectivity index (χ0) is 15.5. The molecule has 1 atom stereocenters. The van der Waals surface area contributed by atoms with Crippen LogP contribution in [0, 0.1) is 0 Å². The number of aryl methyl sites for hydroxylation is 1. The van der Waals surface area contributed by atoms with Crippen LogP contribution in [0.3, 0.4) is 0 Å². The number of aliphatic hydroxyl groups is 1. The minimum Gasteiger partial charge on any atom is -0.388 e. The zero-order valence-corrected chi connectivity index (χ0v) is 13.4. The van der Waals surface area contributed by atoms with Crippen LogP contribution in [-0.4, -0.2) is 19.9 Å². The first-order valence-corrected chi connectivity index (χ1v) is 7.57. The minimum atomic E-state index is -0.543. The highest BCUT2D eigenvalue weighted by Crippen LogP contribution is 2.25. The second kappa shape index (κ2) is 6.39. The Balaban J connectivity index is 2.09. The van der Waals surface area contributed by atoms with E-state index < -0.39 is 6.10 Å². The van der Waals surface area contributed by atoms with Crippen molar-refractivity contribution in [1.82, 2.24) is 14.8 Å². The summed E-state index contributed by atoms with van der Waals surface area (Å²) >= 11 is 0. The van der Waals surface area contributed by atoms with E-state index in [-0.39, 0.29) is 5.41 Å². The number of benzene rings is 1. The molecular weight excluding hydrogens is 262 g/mol. The highest BCUT2D eigenvalue weighted by Gasteiger charge is 2.16. The lowest BCUT2D eigenvalue weighted by molar-refractivity contribution is 0.174. The summed E-state index contributed by atoms with van der Waals surface area (Å²) in [7, 11) is 0. The Morgan fingerprint density at radius 1 is 1.19 bits per heavy atom. The van der Waals surface area contributed by atoms with Gasteiger partial charge in [0.1, 0.15) is 12.2 Å². The number of aliphatic hydroxyl groups excluding tert-OH is 1. The van der Waals surface area contributed by atoms with Gasteiger partial charge in [0.25, 0.3) is 0 Å². The summed E-state index contributed by atoms with van der Waals surface area (Å²) in [6.07, 6.45) is 2.51. The molecule has 2 aromatic rings. The Bertz CT molecular complexity index is 566. The molecule has 1 N–H and O–H groups in total. The Morgan fingerprint density at radius 2 is 1.86 bits per heavy atom. The van der Waals surface area contributed by atoms with Gasteiger partial charge in [0.2, 0.25) is 0 Å². The first-order valence-electron chi connectivity index (χ1n) is 7.57. The molecule has 0 aliphatic rings. The molecule has 0 spiro atoms. The summed E-state index contributed by atoms with van der Waals surface area (Å²) in [5.74, 6) is 0.837. The first-order chi connectivity index (χ1) is 9.91. The van der Waals surface area contributed by atoms with Crippen LogP contribution in [0.2, 0.25) is 0 Å². The molecule has 1 aromatic carbocycles. The van der Waals surface area contributed by atoms with Crippen molar-refractivity contribution in [3.05, 3.63) is 47.5 Å². The molecule has 114 valence electrons. The lowest BCUT2D eigenvalue weighted by Crippen LogP contribution is -2.12. The molecule has 1 unspecified atom stereocenters. The summed E-state index contributed by atoms with van der Waals surface area (Å²) in [5.41, 5.74) is 2.33. The Labute approximate surface area is 126 Å². The fraction of sp³-hybridized carbons (Fsp3) is 0.529. The monoisotopic (exact) mass is 287 g/mol. The van der Waals surface area contributed by atoms with Gasteiger partial charge in [0.05, 0.1) is 6.10 Å². The topological polar surface area (TPSA) is 50.9 Å². The molecule has 2 rings (SSSR count). The predicted octanol–water partition coefficient (Wildman–Crippen LogP) is 3.26. The van der Waals surface area contributed by atoms with Crippen LogP contribution in [0.25, 0.3) is 0 Å². The number of aromatic nitrogens is 3. The molecule has 0 radical (unpaired) electrons. The molecule has 0 fully saturated rings. The molecule has 4 heteroatoms. The first kappa shape index (κ1) is 15.7. The van der Waals surface area contributed by atoms with Crippen molar-refractivity contribution < 1.29 is 5.11 Å². The van der Waals surface area contributed by atoms with Crippen molar-refractivity contribution in [2.24, 2.45) is 0 Å². The molecule has 1 heterocycles. The third kappa shape index (κ3) is 3.91. The smallest absolute Gasteiger partial charge is 0.138 e. The largest absolute Gasteiger partial charge is 0.388 e. The number of nitrogens with zero attached hydrogens (tertiary/aromatic N) is 3. The van der Waals surface area contributed by atoms with Gasteiger partial charge in [0.15, 0.2) is 0 Å². The third-order valence-electron chi connectivity index (χ3n) is 3.67. The van der Waals surface area contributed by atoms with Crippen molar-refractivity contribution in [3.63, 3.8) is 0 Å². The predicted molar refractivity (Wildman–Crippen MR) is 84.1 cm³/mol. The number of rotatable bonds is 5. The van der Waals surface area contributed by atoms with Crippen molar-refractivity contribution in [1.29, 1.82) is 0 Å². The molecular formula is C17H25N3O. The summed E-state index contributed by atoms with van der Waals surface area (Å²) < 4.78 is 1.87. The van der Waals surface area contributed by atoms with E-state index in [1.165, 1.54) is 5.56 Å². The maximum absolute atomic E-state index is 10.4. The lowest BCUT2D eigenvalue weighted by atomic mass is 9.86. The van der Waals surface area contributed by atoms with Crippen LogP contribution in [0.5, 0.6) is 0 Å². The SMILES string of the molecule is CCCn1ncnc1CC(O)c1ccc(C(C)(C)C)cc1. The third-order valence-corrected chi connectivity index (χ3v) is 3.67. The van der Waals surface area contributed by atoms with E-state index in [0.717, 1.165) is 24.4 Å². The van der Waals surface area contributed by atoms with Gasteiger partial charge < -0.3 is 5.11 Å². The van der Waals surface area contributed by atoms with E-state index in [2.05, 4.69) is 49.9 Å². The molecule has 0 saturated heterocycles. The van der Waals surface area contributed by atoms with Crippen LogP contribution in [0.1, 0.15) is 57.2 Å². The Kier molecular flexibility index (Phi) is 4.78. The van der Waals surface area contributed by atoms with E-state index in [1.807, 2.05) is 16.8 Å². The standard InChI is InChI=1S/C17H25N3O/c1-5-10-20-16(18-12-19-20)11-15(21)13-6-8-14(9-7-13)17(2,3)4/h6-9,12,15,21H,5,10-11H2,1-4H3. The van der Waals surface area contributed by atoms with Crippen LogP contribution < -0.4 is 0 Å². The van der Waals surface area contributed by atoms with E-state index in [0.29, 0.717) is 6.42 Å². The Morgan fingerprint density at radius 3 is 2.43 bits per heavy atom. The molecule has 0 aliphatic carbocycles. The van der Waals surface area contributed by atoms with E-state index in [1.54, 1.807) is 6.33 Å². The van der Waals surface area contributed by atoms with E-state index >= 15 is 0 Å². The molecule has 0 saturated carbocycles. The van der Waals surface area contributed by atoms with Crippen LogP contribution >= 0.6 is 0 Å². The quantitative estimate of drug-likeness (QED) is 0.918. The highest BCUT2D eigenvalue weighted by atomic mass is 16.3. The van der Waals surface area contributed by atoms with Gasteiger partial charge in [-0.15, -0.1) is 0 Å². The Hall–Kier alpha value is -1.68. The molecule has 0 amide bonds. The van der Waals surface area contributed by atoms with Gasteiger partial charge in [-0.1, -0.05) is 52.0 Å². The van der Waals surface area contributed by atoms with Gasteiger partial charge >= 0.3 is 0 Å². The van der Waals surface area contributed by atoms with Gasteiger partial charge in [-0.05, 0) is 23.0 Å². The summed E-state index contributed by atoms with van der Waals surface area (Å²) in [4.78, 5) is 4.25. The van der Waals surface area contributed by atoms with Crippen LogP contribution in [0.4, 0.5) is 0 Å². The van der Waals surface area contributed by atoms with Crippen molar-refractivity contribution in [2.45, 2.75) is 58.6 Å². The summed E-state index contributed by atoms with van der Waals surface area (Å²) in [6.45, 7) is 9.50. The molecule has 1 aromatic heterocycles. The number of hydrogen-bond acceptors (Lipinski definition) is 3. The average Bonchev–Trinajstić information content (AvgIpc) is 2.86. The second-order valence-corrected chi connectivity index (χ2v) is 6.49. The van der Waals surface area contributed by atoms with Gasteiger partial charge in [-0.25, -0.2) is 4.98 Å². The molecule has 0 bridgehead atoms. The number of hydrogen-bond donors (Lipinski definition) is 1. The second-order valence-electron chi connectivity index (χ2n) is 6.49. The molecule has 4 nitrogen and oxygen atoms in total. The zero-order valence-electron chi connectivity index (χ0n) is 13.4. The fourth-order valence-corrected chi connectivity index (χ4v) is 2.34. The average molecular weight is 287 g/mol. The van der Waals surface area contributed by atoms with Gasteiger partial charge in [-0.2, -0.15) is 5.10 Å². The highest BCUT2D eigenvalue weighted by molar-refractivity contribution is 5.29. The van der Waals surface area contributed by atoms with E-state index in [9.17, 15) is 5.11 Å². The van der Waals surface area contributed by atoms with E-state index in [4.69, 9.17) is 0 Å². The van der Waals surface area contributed by atoms with Crippen LogP contribution in [-0.2, 0) is 18.4 Å². The van der Waals surface area contributed by atoms with Crippen molar-refractivity contribution in [3.8, 4) is 0 Å². The normalized spacial score (nSPS) is 13.4. The van der Waals surface area contributed by atoms with Gasteiger partial charge in [0, 0.05) is 13.0 Å².